The third-order valence-electron chi connectivity index (χ3n) is 2.66. The van der Waals surface area contributed by atoms with Gasteiger partial charge in [0.15, 0.2) is 5.75 Å². The lowest BCUT2D eigenvalue weighted by Gasteiger charge is -2.06. The number of aliphatic imine (C=N–C) groups is 1. The molecule has 1 aromatic carbocycles. The zero-order valence-corrected chi connectivity index (χ0v) is 11.8. The van der Waals surface area contributed by atoms with E-state index in [9.17, 15) is 25.4 Å². The lowest BCUT2D eigenvalue weighted by Crippen LogP contribution is -1.99. The summed E-state index contributed by atoms with van der Waals surface area (Å²) in [6.45, 7) is 0.445. The predicted octanol–water partition coefficient (Wildman–Crippen LogP) is 3.26. The maximum absolute atomic E-state index is 10.9. The average molecular weight is 316 g/mol. The molecule has 0 saturated heterocycles. The first-order valence-corrected chi connectivity index (χ1v) is 6.78. The van der Waals surface area contributed by atoms with E-state index in [2.05, 4.69) is 10.2 Å². The zero-order chi connectivity index (χ0) is 16.1. The Balaban J connectivity index is 2.50. The second-order valence-corrected chi connectivity index (χ2v) is 4.96. The van der Waals surface area contributed by atoms with Gasteiger partial charge >= 0.3 is 5.69 Å². The molecule has 1 aliphatic rings. The van der Waals surface area contributed by atoms with E-state index in [0.717, 1.165) is 12.1 Å². The third kappa shape index (κ3) is 3.18. The Labute approximate surface area is 128 Å². The highest BCUT2D eigenvalue weighted by molar-refractivity contribution is 8.17. The van der Waals surface area contributed by atoms with Crippen molar-refractivity contribution in [1.29, 1.82) is 5.26 Å². The molecule has 1 aliphatic heterocycles. The molecule has 110 valence electrons. The van der Waals surface area contributed by atoms with Gasteiger partial charge in [-0.2, -0.15) is 5.26 Å². The summed E-state index contributed by atoms with van der Waals surface area (Å²) >= 11 is 1.25. The van der Waals surface area contributed by atoms with Crippen molar-refractivity contribution in [2.45, 2.75) is 0 Å². The third-order valence-corrected chi connectivity index (χ3v) is 3.56. The molecule has 0 atom stereocenters. The van der Waals surface area contributed by atoms with Crippen LogP contribution in [0.15, 0.2) is 39.4 Å². The Morgan fingerprint density at radius 1 is 1.59 bits per heavy atom. The van der Waals surface area contributed by atoms with Crippen molar-refractivity contribution in [2.75, 3.05) is 6.54 Å². The number of aromatic hydroxyl groups is 1. The van der Waals surface area contributed by atoms with Gasteiger partial charge < -0.3 is 5.11 Å². The van der Waals surface area contributed by atoms with Gasteiger partial charge in [-0.3, -0.25) is 15.1 Å². The average Bonchev–Trinajstić information content (AvgIpc) is 2.52. The number of nitroso groups, excluding NO2 is 1. The van der Waals surface area contributed by atoms with Gasteiger partial charge in [0.05, 0.1) is 17.0 Å². The molecule has 1 heterocycles. The number of hydrogen-bond acceptors (Lipinski definition) is 8. The van der Waals surface area contributed by atoms with Crippen molar-refractivity contribution in [1.82, 2.24) is 0 Å². The topological polar surface area (TPSA) is 129 Å². The highest BCUT2D eigenvalue weighted by Crippen LogP contribution is 2.38. The SMILES string of the molecule is N#C/C(=C\c1cc(O)c(N=O)c([N+](=O)[O-])c1)C1=NCC=CS1. The van der Waals surface area contributed by atoms with Crippen molar-refractivity contribution >= 4 is 34.3 Å². The molecule has 2 rings (SSSR count). The van der Waals surface area contributed by atoms with Crippen LogP contribution in [0.25, 0.3) is 6.08 Å². The van der Waals surface area contributed by atoms with Gasteiger partial charge in [0.1, 0.15) is 11.1 Å². The van der Waals surface area contributed by atoms with E-state index in [0.29, 0.717) is 11.6 Å². The fourth-order valence-electron chi connectivity index (χ4n) is 1.73. The summed E-state index contributed by atoms with van der Waals surface area (Å²) in [5.74, 6) is -0.620. The van der Waals surface area contributed by atoms with Crippen LogP contribution < -0.4 is 0 Å². The zero-order valence-electron chi connectivity index (χ0n) is 11.0. The fraction of sp³-hybridized carbons (Fsp3) is 0.0769. The molecule has 0 radical (unpaired) electrons. The molecule has 9 heteroatoms. The summed E-state index contributed by atoms with van der Waals surface area (Å²) < 4.78 is 0. The number of nitrogens with zero attached hydrogens (tertiary/aromatic N) is 4. The van der Waals surface area contributed by atoms with Gasteiger partial charge in [-0.25, -0.2) is 0 Å². The summed E-state index contributed by atoms with van der Waals surface area (Å²) in [6.07, 6.45) is 3.18. The highest BCUT2D eigenvalue weighted by atomic mass is 32.2. The normalized spacial score (nSPS) is 14.1. The van der Waals surface area contributed by atoms with E-state index in [-0.39, 0.29) is 11.1 Å². The van der Waals surface area contributed by atoms with Crippen molar-refractivity contribution < 1.29 is 10.0 Å². The summed E-state index contributed by atoms with van der Waals surface area (Å²) in [6, 6.07) is 4.15. The minimum atomic E-state index is -0.824. The number of nitro groups is 1. The summed E-state index contributed by atoms with van der Waals surface area (Å²) in [7, 11) is 0. The number of hydrogen-bond donors (Lipinski definition) is 1. The first kappa shape index (κ1) is 15.4. The maximum Gasteiger partial charge on any atom is 0.302 e. The molecule has 8 nitrogen and oxygen atoms in total. The number of thioether (sulfide) groups is 1. The first-order chi connectivity index (χ1) is 10.6. The first-order valence-electron chi connectivity index (χ1n) is 5.90. The Kier molecular flexibility index (Phi) is 4.65. The number of benzene rings is 1. The minimum absolute atomic E-state index is 0.200. The lowest BCUT2D eigenvalue weighted by atomic mass is 10.1. The Bertz CT molecular complexity index is 777. The molecule has 0 aliphatic carbocycles. The van der Waals surface area contributed by atoms with Crippen molar-refractivity contribution in [3.05, 3.63) is 49.8 Å². The lowest BCUT2D eigenvalue weighted by molar-refractivity contribution is -0.384. The number of phenols is 1. The molecule has 0 amide bonds. The van der Waals surface area contributed by atoms with Crippen molar-refractivity contribution in [3.8, 4) is 11.8 Å². The van der Waals surface area contributed by atoms with E-state index in [1.807, 2.05) is 12.1 Å². The second-order valence-electron chi connectivity index (χ2n) is 4.06. The van der Waals surface area contributed by atoms with Crippen LogP contribution in [0.3, 0.4) is 0 Å². The largest absolute Gasteiger partial charge is 0.505 e. The smallest absolute Gasteiger partial charge is 0.302 e. The quantitative estimate of drug-likeness (QED) is 0.393. The highest BCUT2D eigenvalue weighted by Gasteiger charge is 2.20. The van der Waals surface area contributed by atoms with Gasteiger partial charge in [-0.15, -0.1) is 4.91 Å². The molecule has 0 unspecified atom stereocenters. The molecule has 1 N–H and O–H groups in total. The fourth-order valence-corrected chi connectivity index (χ4v) is 2.42. The molecule has 22 heavy (non-hydrogen) atoms. The molecule has 0 bridgehead atoms. The van der Waals surface area contributed by atoms with Crippen LogP contribution >= 0.6 is 11.8 Å². The minimum Gasteiger partial charge on any atom is -0.505 e. The van der Waals surface area contributed by atoms with E-state index >= 15 is 0 Å². The number of phenolic OH excluding ortho intramolecular Hbond substituents is 1. The van der Waals surface area contributed by atoms with Crippen LogP contribution in [-0.4, -0.2) is 21.6 Å². The summed E-state index contributed by atoms with van der Waals surface area (Å²) in [5.41, 5.74) is -0.870. The van der Waals surface area contributed by atoms with Gasteiger partial charge in [-0.1, -0.05) is 17.8 Å². The summed E-state index contributed by atoms with van der Waals surface area (Å²) in [5, 5.41) is 34.5. The van der Waals surface area contributed by atoms with Crippen LogP contribution in [-0.2, 0) is 0 Å². The van der Waals surface area contributed by atoms with Crippen LogP contribution in [0, 0.1) is 26.4 Å². The van der Waals surface area contributed by atoms with Crippen LogP contribution in [0.1, 0.15) is 5.56 Å². The number of nitriles is 1. The van der Waals surface area contributed by atoms with E-state index in [1.54, 1.807) is 5.41 Å². The summed E-state index contributed by atoms with van der Waals surface area (Å²) in [4.78, 5) is 24.8. The van der Waals surface area contributed by atoms with Gasteiger partial charge in [0.25, 0.3) is 0 Å². The molecule has 1 aromatic rings. The van der Waals surface area contributed by atoms with Crippen LogP contribution in [0.5, 0.6) is 5.75 Å². The van der Waals surface area contributed by atoms with Crippen molar-refractivity contribution in [2.24, 2.45) is 10.2 Å². The van der Waals surface area contributed by atoms with E-state index in [4.69, 9.17) is 0 Å². The Hall–Kier alpha value is -2.99. The van der Waals surface area contributed by atoms with Gasteiger partial charge in [0.2, 0.25) is 5.69 Å². The van der Waals surface area contributed by atoms with Gasteiger partial charge in [-0.05, 0) is 28.3 Å². The number of rotatable bonds is 4. The maximum atomic E-state index is 10.9. The molecule has 0 saturated carbocycles. The van der Waals surface area contributed by atoms with E-state index in [1.165, 1.54) is 17.8 Å². The van der Waals surface area contributed by atoms with E-state index < -0.39 is 22.0 Å². The Morgan fingerprint density at radius 2 is 2.36 bits per heavy atom. The number of nitro benzene ring substituents is 1. The van der Waals surface area contributed by atoms with Crippen molar-refractivity contribution in [3.63, 3.8) is 0 Å². The molecule has 0 fully saturated rings. The van der Waals surface area contributed by atoms with Crippen LogP contribution in [0.2, 0.25) is 0 Å². The predicted molar refractivity (Wildman–Crippen MR) is 82.8 cm³/mol. The standard InChI is InChI=1S/C13H8N4O4S/c14-7-9(13-15-2-1-3-22-13)4-8-5-10(17(20)21)12(16-19)11(18)6-8/h1,3-6,18H,2H2/b9-4+. The second kappa shape index (κ2) is 6.64. The molecule has 0 spiro atoms. The monoisotopic (exact) mass is 316 g/mol. The van der Waals surface area contributed by atoms with Crippen LogP contribution in [0.4, 0.5) is 11.4 Å². The Morgan fingerprint density at radius 3 is 2.91 bits per heavy atom. The molecular weight excluding hydrogens is 308 g/mol. The molecular formula is C13H8N4O4S. The molecule has 0 aromatic heterocycles. The van der Waals surface area contributed by atoms with Gasteiger partial charge in [0, 0.05) is 6.07 Å².